The fourth-order valence-corrected chi connectivity index (χ4v) is 4.84. The number of rotatable bonds is 6. The first-order valence-electron chi connectivity index (χ1n) is 10.3. The average Bonchev–Trinajstić information content (AvgIpc) is 3.06. The monoisotopic (exact) mass is 379 g/mol. The molecule has 2 atom stereocenters. The summed E-state index contributed by atoms with van der Waals surface area (Å²) in [5.74, 6) is 0.426. The van der Waals surface area contributed by atoms with Gasteiger partial charge in [0.05, 0.1) is 13.2 Å². The molecule has 0 radical (unpaired) electrons. The molecule has 1 aromatic heterocycles. The molecule has 1 amide bonds. The van der Waals surface area contributed by atoms with Crippen LogP contribution in [0.2, 0.25) is 0 Å². The topological polar surface area (TPSA) is 45.7 Å². The van der Waals surface area contributed by atoms with E-state index in [4.69, 9.17) is 4.74 Å². The molecule has 0 aliphatic carbocycles. The summed E-state index contributed by atoms with van der Waals surface area (Å²) in [6.07, 6.45) is 4.64. The van der Waals surface area contributed by atoms with Crippen LogP contribution in [0, 0.1) is 5.92 Å². The quantitative estimate of drug-likeness (QED) is 0.774. The summed E-state index contributed by atoms with van der Waals surface area (Å²) in [6.45, 7) is 8.15. The lowest BCUT2D eigenvalue weighted by Gasteiger charge is -2.35. The number of morpholine rings is 1. The van der Waals surface area contributed by atoms with Crippen molar-refractivity contribution in [2.45, 2.75) is 18.8 Å². The number of aromatic nitrogens is 1. The zero-order valence-electron chi connectivity index (χ0n) is 16.6. The molecule has 0 saturated carbocycles. The number of likely N-dealkylation sites (tertiary alicyclic amines) is 1. The second-order valence-corrected chi connectivity index (χ2v) is 7.70. The number of carbonyl (C=O) groups is 1. The van der Waals surface area contributed by atoms with Crippen LogP contribution in [0.1, 0.15) is 24.5 Å². The van der Waals surface area contributed by atoms with E-state index in [2.05, 4.69) is 35.0 Å². The Labute approximate surface area is 167 Å². The van der Waals surface area contributed by atoms with Crippen molar-refractivity contribution in [1.29, 1.82) is 0 Å². The third-order valence-corrected chi connectivity index (χ3v) is 6.30. The SMILES string of the molecule is CCN1CC(CCN2CCOCC2)C(c2ccccc2)(c2cccnc2)C1=O. The van der Waals surface area contributed by atoms with Crippen molar-refractivity contribution >= 4 is 5.91 Å². The standard InChI is InChI=1S/C23H29N3O2/c1-2-26-18-21(10-12-25-13-15-28-16-14-25)23(22(26)27,19-7-4-3-5-8-19)20-9-6-11-24-17-20/h3-9,11,17,21H,2,10,12-16,18H2,1H3. The van der Waals surface area contributed by atoms with Gasteiger partial charge in [0.2, 0.25) is 5.91 Å². The van der Waals surface area contributed by atoms with Crippen molar-refractivity contribution in [2.24, 2.45) is 5.92 Å². The third-order valence-electron chi connectivity index (χ3n) is 6.30. The molecule has 2 aliphatic rings. The molecule has 0 N–H and O–H groups in total. The molecule has 5 nitrogen and oxygen atoms in total. The second-order valence-electron chi connectivity index (χ2n) is 7.70. The van der Waals surface area contributed by atoms with Gasteiger partial charge in [0, 0.05) is 44.5 Å². The lowest BCUT2D eigenvalue weighted by molar-refractivity contribution is -0.131. The van der Waals surface area contributed by atoms with Gasteiger partial charge in [-0.3, -0.25) is 14.7 Å². The van der Waals surface area contributed by atoms with Crippen LogP contribution in [0.15, 0.2) is 54.9 Å². The van der Waals surface area contributed by atoms with Crippen LogP contribution in [0.25, 0.3) is 0 Å². The fourth-order valence-electron chi connectivity index (χ4n) is 4.84. The highest BCUT2D eigenvalue weighted by Crippen LogP contribution is 2.47. The predicted molar refractivity (Wildman–Crippen MR) is 109 cm³/mol. The van der Waals surface area contributed by atoms with Gasteiger partial charge in [-0.05, 0) is 37.1 Å². The van der Waals surface area contributed by atoms with Crippen LogP contribution in [0.5, 0.6) is 0 Å². The van der Waals surface area contributed by atoms with Gasteiger partial charge in [-0.15, -0.1) is 0 Å². The summed E-state index contributed by atoms with van der Waals surface area (Å²) in [4.78, 5) is 22.6. The fraction of sp³-hybridized carbons (Fsp3) is 0.478. The minimum atomic E-state index is -0.655. The first-order valence-corrected chi connectivity index (χ1v) is 10.3. The number of ether oxygens (including phenoxy) is 1. The number of amides is 1. The Balaban J connectivity index is 1.74. The summed E-state index contributed by atoms with van der Waals surface area (Å²) < 4.78 is 5.49. The van der Waals surface area contributed by atoms with Crippen LogP contribution in [-0.4, -0.2) is 66.6 Å². The Bertz CT molecular complexity index is 735. The Morgan fingerprint density at radius 3 is 2.54 bits per heavy atom. The van der Waals surface area contributed by atoms with E-state index in [0.29, 0.717) is 0 Å². The molecule has 0 spiro atoms. The van der Waals surface area contributed by atoms with E-state index < -0.39 is 5.41 Å². The van der Waals surface area contributed by atoms with Crippen LogP contribution in [0.4, 0.5) is 0 Å². The van der Waals surface area contributed by atoms with Gasteiger partial charge in [-0.2, -0.15) is 0 Å². The number of hydrogen-bond donors (Lipinski definition) is 0. The molecule has 2 aromatic rings. The van der Waals surface area contributed by atoms with E-state index in [1.807, 2.05) is 35.4 Å². The van der Waals surface area contributed by atoms with E-state index in [9.17, 15) is 4.79 Å². The van der Waals surface area contributed by atoms with Gasteiger partial charge in [0.15, 0.2) is 0 Å². The molecule has 2 unspecified atom stereocenters. The molecular weight excluding hydrogens is 350 g/mol. The average molecular weight is 380 g/mol. The normalized spacial score (nSPS) is 26.0. The number of likely N-dealkylation sites (N-methyl/N-ethyl adjacent to an activating group) is 1. The number of nitrogens with zero attached hydrogens (tertiary/aromatic N) is 3. The van der Waals surface area contributed by atoms with Crippen LogP contribution in [0.3, 0.4) is 0 Å². The van der Waals surface area contributed by atoms with Crippen molar-refractivity contribution in [3.8, 4) is 0 Å². The zero-order chi connectivity index (χ0) is 19.4. The molecule has 2 fully saturated rings. The smallest absolute Gasteiger partial charge is 0.238 e. The van der Waals surface area contributed by atoms with Gasteiger partial charge in [-0.25, -0.2) is 0 Å². The summed E-state index contributed by atoms with van der Waals surface area (Å²) in [6, 6.07) is 14.3. The number of pyridine rings is 1. The van der Waals surface area contributed by atoms with E-state index >= 15 is 0 Å². The second kappa shape index (κ2) is 8.41. The maximum absolute atomic E-state index is 13.8. The number of carbonyl (C=O) groups excluding carboxylic acids is 1. The highest BCUT2D eigenvalue weighted by Gasteiger charge is 2.55. The predicted octanol–water partition coefficient (Wildman–Crippen LogP) is 2.57. The molecule has 4 rings (SSSR count). The zero-order valence-corrected chi connectivity index (χ0v) is 16.6. The van der Waals surface area contributed by atoms with E-state index in [0.717, 1.165) is 63.5 Å². The van der Waals surface area contributed by atoms with Gasteiger partial charge >= 0.3 is 0 Å². The minimum absolute atomic E-state index is 0.209. The van der Waals surface area contributed by atoms with Crippen LogP contribution >= 0.6 is 0 Å². The van der Waals surface area contributed by atoms with Gasteiger partial charge in [-0.1, -0.05) is 36.4 Å². The molecule has 1 aromatic carbocycles. The number of benzene rings is 1. The summed E-state index contributed by atoms with van der Waals surface area (Å²) in [7, 11) is 0. The summed E-state index contributed by atoms with van der Waals surface area (Å²) in [5.41, 5.74) is 1.43. The first-order chi connectivity index (χ1) is 13.8. The van der Waals surface area contributed by atoms with E-state index in [1.165, 1.54) is 0 Å². The molecule has 3 heterocycles. The lowest BCUT2D eigenvalue weighted by Crippen LogP contribution is -2.44. The van der Waals surface area contributed by atoms with Crippen molar-refractivity contribution < 1.29 is 9.53 Å². The largest absolute Gasteiger partial charge is 0.379 e. The Morgan fingerprint density at radius 2 is 1.86 bits per heavy atom. The maximum Gasteiger partial charge on any atom is 0.238 e. The molecule has 5 heteroatoms. The highest BCUT2D eigenvalue weighted by atomic mass is 16.5. The maximum atomic E-state index is 13.8. The summed E-state index contributed by atoms with van der Waals surface area (Å²) in [5, 5.41) is 0. The van der Waals surface area contributed by atoms with Crippen molar-refractivity contribution in [1.82, 2.24) is 14.8 Å². The lowest BCUT2D eigenvalue weighted by atomic mass is 9.66. The van der Waals surface area contributed by atoms with Gasteiger partial charge < -0.3 is 9.64 Å². The Morgan fingerprint density at radius 1 is 1.11 bits per heavy atom. The molecular formula is C23H29N3O2. The van der Waals surface area contributed by atoms with Crippen LogP contribution < -0.4 is 0 Å². The third kappa shape index (κ3) is 3.33. The molecule has 0 bridgehead atoms. The molecule has 2 aliphatic heterocycles. The first kappa shape index (κ1) is 19.1. The van der Waals surface area contributed by atoms with Gasteiger partial charge in [0.25, 0.3) is 0 Å². The highest BCUT2D eigenvalue weighted by molar-refractivity contribution is 5.94. The van der Waals surface area contributed by atoms with E-state index in [1.54, 1.807) is 6.20 Å². The van der Waals surface area contributed by atoms with E-state index in [-0.39, 0.29) is 11.8 Å². The van der Waals surface area contributed by atoms with Crippen molar-refractivity contribution in [3.63, 3.8) is 0 Å². The Hall–Kier alpha value is -2.24. The summed E-state index contributed by atoms with van der Waals surface area (Å²) >= 11 is 0. The van der Waals surface area contributed by atoms with Crippen LogP contribution in [-0.2, 0) is 14.9 Å². The molecule has 28 heavy (non-hydrogen) atoms. The minimum Gasteiger partial charge on any atom is -0.379 e. The van der Waals surface area contributed by atoms with Gasteiger partial charge in [0.1, 0.15) is 5.41 Å². The number of hydrogen-bond acceptors (Lipinski definition) is 4. The van der Waals surface area contributed by atoms with Crippen molar-refractivity contribution in [3.05, 3.63) is 66.0 Å². The Kier molecular flexibility index (Phi) is 5.74. The molecule has 148 valence electrons. The molecule has 2 saturated heterocycles. The van der Waals surface area contributed by atoms with Crippen molar-refractivity contribution in [2.75, 3.05) is 45.9 Å².